The number of hydrogen-bond acceptors (Lipinski definition) is 3. The van der Waals surface area contributed by atoms with Crippen LogP contribution in [0.25, 0.3) is 0 Å². The molecule has 0 unspecified atom stereocenters. The van der Waals surface area contributed by atoms with Crippen LogP contribution >= 0.6 is 0 Å². The lowest BCUT2D eigenvalue weighted by molar-refractivity contribution is 0.284. The second kappa shape index (κ2) is 8.26. The molecule has 0 amide bonds. The predicted molar refractivity (Wildman–Crippen MR) is 94.0 cm³/mol. The summed E-state index contributed by atoms with van der Waals surface area (Å²) < 4.78 is 32.2. The summed E-state index contributed by atoms with van der Waals surface area (Å²) in [5.74, 6) is -1.97. The highest BCUT2D eigenvalue weighted by atomic mass is 19.2. The molecule has 0 heterocycles. The molecule has 0 atom stereocenters. The molecule has 0 fully saturated rings. The van der Waals surface area contributed by atoms with Crippen molar-refractivity contribution in [3.8, 4) is 5.75 Å². The van der Waals surface area contributed by atoms with E-state index in [4.69, 9.17) is 4.74 Å². The largest absolute Gasteiger partial charge is 0.486 e. The third-order valence-electron chi connectivity index (χ3n) is 3.60. The van der Waals surface area contributed by atoms with Crippen molar-refractivity contribution in [2.45, 2.75) is 13.2 Å². The summed E-state index contributed by atoms with van der Waals surface area (Å²) in [6, 6.07) is 21.4. The van der Waals surface area contributed by atoms with E-state index < -0.39 is 11.6 Å². The van der Waals surface area contributed by atoms with Crippen LogP contribution in [-0.2, 0) is 13.2 Å². The van der Waals surface area contributed by atoms with Crippen LogP contribution in [0.4, 0.5) is 14.5 Å². The average molecular weight is 340 g/mol. The minimum absolute atomic E-state index is 0.0886. The highest BCUT2D eigenvalue weighted by molar-refractivity contribution is 5.41. The zero-order chi connectivity index (χ0) is 17.5. The van der Waals surface area contributed by atoms with Crippen molar-refractivity contribution < 1.29 is 13.5 Å². The lowest BCUT2D eigenvalue weighted by Gasteiger charge is -2.11. The van der Waals surface area contributed by atoms with Gasteiger partial charge in [-0.2, -0.15) is 4.39 Å². The van der Waals surface area contributed by atoms with Gasteiger partial charge in [0.1, 0.15) is 6.61 Å². The van der Waals surface area contributed by atoms with Gasteiger partial charge >= 0.3 is 0 Å². The number of hydrogen-bond donors (Lipinski definition) is 2. The van der Waals surface area contributed by atoms with Gasteiger partial charge in [-0.05, 0) is 35.4 Å². The van der Waals surface area contributed by atoms with E-state index in [1.807, 2.05) is 54.6 Å². The normalized spacial score (nSPS) is 10.5. The van der Waals surface area contributed by atoms with Crippen molar-refractivity contribution in [1.82, 2.24) is 5.43 Å². The number of hydrazine groups is 1. The number of para-hydroxylation sites is 1. The number of nitrogens with one attached hydrogen (secondary N) is 2. The minimum atomic E-state index is -0.965. The van der Waals surface area contributed by atoms with Gasteiger partial charge in [0.05, 0.1) is 0 Å². The van der Waals surface area contributed by atoms with Gasteiger partial charge in [0.15, 0.2) is 11.6 Å². The van der Waals surface area contributed by atoms with Crippen LogP contribution < -0.4 is 15.6 Å². The first-order chi connectivity index (χ1) is 12.2. The second-order valence-corrected chi connectivity index (χ2v) is 5.51. The molecule has 3 nitrogen and oxygen atoms in total. The standard InChI is InChI=1S/C20H18F2N2O/c21-18-10-5-11-19(20(18)22)25-14-16-7-4-6-15(12-16)13-23-24-17-8-2-1-3-9-17/h1-12,23-24H,13-14H2. The minimum Gasteiger partial charge on any atom is -0.486 e. The summed E-state index contributed by atoms with van der Waals surface area (Å²) in [6.07, 6.45) is 0. The van der Waals surface area contributed by atoms with E-state index >= 15 is 0 Å². The molecule has 3 aromatic carbocycles. The van der Waals surface area contributed by atoms with E-state index in [9.17, 15) is 8.78 Å². The van der Waals surface area contributed by atoms with Gasteiger partial charge in [0.25, 0.3) is 0 Å². The number of anilines is 1. The smallest absolute Gasteiger partial charge is 0.200 e. The van der Waals surface area contributed by atoms with E-state index in [-0.39, 0.29) is 12.4 Å². The first-order valence-electron chi connectivity index (χ1n) is 7.91. The summed E-state index contributed by atoms with van der Waals surface area (Å²) in [7, 11) is 0. The molecule has 0 aliphatic carbocycles. The van der Waals surface area contributed by atoms with Crippen LogP contribution in [0.15, 0.2) is 72.8 Å². The summed E-state index contributed by atoms with van der Waals surface area (Å²) in [6.45, 7) is 0.775. The maximum atomic E-state index is 13.6. The zero-order valence-electron chi connectivity index (χ0n) is 13.5. The van der Waals surface area contributed by atoms with E-state index in [0.717, 1.165) is 22.9 Å². The summed E-state index contributed by atoms with van der Waals surface area (Å²) in [4.78, 5) is 0. The molecular formula is C20H18F2N2O. The van der Waals surface area contributed by atoms with Crippen molar-refractivity contribution in [3.05, 3.63) is 95.6 Å². The molecule has 5 heteroatoms. The highest BCUT2D eigenvalue weighted by Gasteiger charge is 2.08. The Morgan fingerprint density at radius 3 is 2.40 bits per heavy atom. The maximum absolute atomic E-state index is 13.6. The lowest BCUT2D eigenvalue weighted by Crippen LogP contribution is -2.20. The zero-order valence-corrected chi connectivity index (χ0v) is 13.5. The Bertz CT molecular complexity index is 825. The van der Waals surface area contributed by atoms with Gasteiger partial charge in [-0.1, -0.05) is 48.5 Å². The van der Waals surface area contributed by atoms with Crippen LogP contribution in [0.5, 0.6) is 5.75 Å². The molecule has 0 aliphatic heterocycles. The molecule has 25 heavy (non-hydrogen) atoms. The van der Waals surface area contributed by atoms with E-state index in [1.54, 1.807) is 0 Å². The SMILES string of the molecule is Fc1cccc(OCc2cccc(CNNc3ccccc3)c2)c1F. The summed E-state index contributed by atoms with van der Waals surface area (Å²) in [5.41, 5.74) is 9.15. The Balaban J connectivity index is 1.55. The third-order valence-corrected chi connectivity index (χ3v) is 3.60. The van der Waals surface area contributed by atoms with Gasteiger partial charge < -0.3 is 10.2 Å². The fraction of sp³-hybridized carbons (Fsp3) is 0.100. The summed E-state index contributed by atoms with van der Waals surface area (Å²) >= 11 is 0. The molecule has 0 aliphatic rings. The molecule has 3 aromatic rings. The Hall–Kier alpha value is -2.92. The Labute approximate surface area is 145 Å². The van der Waals surface area contributed by atoms with Gasteiger partial charge in [0, 0.05) is 12.2 Å². The fourth-order valence-corrected chi connectivity index (χ4v) is 2.36. The monoisotopic (exact) mass is 340 g/mol. The van der Waals surface area contributed by atoms with Crippen molar-refractivity contribution in [2.24, 2.45) is 0 Å². The lowest BCUT2D eigenvalue weighted by atomic mass is 10.1. The quantitative estimate of drug-likeness (QED) is 0.614. The first kappa shape index (κ1) is 16.9. The van der Waals surface area contributed by atoms with Gasteiger partial charge in [-0.25, -0.2) is 9.82 Å². The van der Waals surface area contributed by atoms with Crippen molar-refractivity contribution in [2.75, 3.05) is 5.43 Å². The van der Waals surface area contributed by atoms with Crippen molar-refractivity contribution in [1.29, 1.82) is 0 Å². The van der Waals surface area contributed by atoms with Gasteiger partial charge in [0.2, 0.25) is 5.82 Å². The van der Waals surface area contributed by atoms with Gasteiger partial charge in [-0.15, -0.1) is 0 Å². The topological polar surface area (TPSA) is 33.3 Å². The summed E-state index contributed by atoms with van der Waals surface area (Å²) in [5, 5.41) is 0. The average Bonchev–Trinajstić information content (AvgIpc) is 2.64. The van der Waals surface area contributed by atoms with Crippen molar-refractivity contribution in [3.63, 3.8) is 0 Å². The fourth-order valence-electron chi connectivity index (χ4n) is 2.36. The number of halogens is 2. The van der Waals surface area contributed by atoms with Crippen LogP contribution in [-0.4, -0.2) is 0 Å². The molecule has 0 spiro atoms. The van der Waals surface area contributed by atoms with Crippen LogP contribution in [0, 0.1) is 11.6 Å². The number of benzene rings is 3. The molecule has 0 saturated heterocycles. The molecule has 0 aromatic heterocycles. The van der Waals surface area contributed by atoms with Crippen molar-refractivity contribution >= 4 is 5.69 Å². The maximum Gasteiger partial charge on any atom is 0.200 e. The molecule has 0 saturated carbocycles. The Morgan fingerprint density at radius 2 is 1.56 bits per heavy atom. The second-order valence-electron chi connectivity index (χ2n) is 5.51. The van der Waals surface area contributed by atoms with E-state index in [0.29, 0.717) is 6.54 Å². The van der Waals surface area contributed by atoms with E-state index in [2.05, 4.69) is 10.9 Å². The Kier molecular flexibility index (Phi) is 5.59. The number of ether oxygens (including phenoxy) is 1. The molecule has 0 radical (unpaired) electrons. The third kappa shape index (κ3) is 4.78. The molecular weight excluding hydrogens is 322 g/mol. The molecule has 3 rings (SSSR count). The van der Waals surface area contributed by atoms with Crippen LogP contribution in [0.2, 0.25) is 0 Å². The van der Waals surface area contributed by atoms with E-state index in [1.165, 1.54) is 12.1 Å². The first-order valence-corrected chi connectivity index (χ1v) is 7.91. The molecule has 0 bridgehead atoms. The molecule has 2 N–H and O–H groups in total. The number of rotatable bonds is 7. The van der Waals surface area contributed by atoms with Gasteiger partial charge in [-0.3, -0.25) is 0 Å². The predicted octanol–water partition coefficient (Wildman–Crippen LogP) is 4.66. The molecule has 128 valence electrons. The Morgan fingerprint density at radius 1 is 0.800 bits per heavy atom. The highest BCUT2D eigenvalue weighted by Crippen LogP contribution is 2.20. The van der Waals surface area contributed by atoms with Crippen LogP contribution in [0.1, 0.15) is 11.1 Å². The van der Waals surface area contributed by atoms with Crippen LogP contribution in [0.3, 0.4) is 0 Å².